The van der Waals surface area contributed by atoms with E-state index in [4.69, 9.17) is 33.7 Å². The second kappa shape index (κ2) is 6.49. The Balaban J connectivity index is 2.49. The zero-order valence-corrected chi connectivity index (χ0v) is 13.0. The molecule has 0 heterocycles. The number of halogens is 2. The molecule has 2 N–H and O–H groups in total. The van der Waals surface area contributed by atoms with Crippen LogP contribution in [0.1, 0.15) is 29.7 Å². The van der Waals surface area contributed by atoms with Gasteiger partial charge in [-0.25, -0.2) is 0 Å². The van der Waals surface area contributed by atoms with Crippen molar-refractivity contribution in [3.05, 3.63) is 63.1 Å². The highest BCUT2D eigenvalue weighted by atomic mass is 35.5. The lowest BCUT2D eigenvalue weighted by Crippen LogP contribution is -2.14. The van der Waals surface area contributed by atoms with E-state index in [-0.39, 0.29) is 6.04 Å². The molecule has 0 fully saturated rings. The lowest BCUT2D eigenvalue weighted by Gasteiger charge is -2.19. The van der Waals surface area contributed by atoms with E-state index in [9.17, 15) is 0 Å². The van der Waals surface area contributed by atoms with Crippen LogP contribution < -0.4 is 10.5 Å². The maximum atomic E-state index is 6.36. The Bertz CT molecular complexity index is 613. The number of rotatable bonds is 4. The zero-order valence-electron chi connectivity index (χ0n) is 11.5. The average molecular weight is 310 g/mol. The summed E-state index contributed by atoms with van der Waals surface area (Å²) in [4.78, 5) is 0. The van der Waals surface area contributed by atoms with Gasteiger partial charge in [0, 0.05) is 5.56 Å². The van der Waals surface area contributed by atoms with Gasteiger partial charge in [-0.2, -0.15) is 0 Å². The van der Waals surface area contributed by atoms with Gasteiger partial charge in [0.15, 0.2) is 0 Å². The Kier molecular flexibility index (Phi) is 4.92. The molecule has 0 bridgehead atoms. The summed E-state index contributed by atoms with van der Waals surface area (Å²) in [5.41, 5.74) is 9.20. The first-order valence-corrected chi connectivity index (χ1v) is 7.23. The molecule has 106 valence electrons. The standard InChI is InChI=1S/C16H17Cl2NO/c1-3-20-14-8-7-10(2)9-12(14)16(19)11-5-4-6-13(17)15(11)18/h4-9,16H,3,19H2,1-2H3. The lowest BCUT2D eigenvalue weighted by molar-refractivity contribution is 0.335. The van der Waals surface area contributed by atoms with Crippen LogP contribution in [0.2, 0.25) is 10.0 Å². The Hall–Kier alpha value is -1.22. The predicted octanol–water partition coefficient (Wildman–Crippen LogP) is 4.75. The number of nitrogens with two attached hydrogens (primary N) is 1. The highest BCUT2D eigenvalue weighted by Crippen LogP contribution is 2.35. The molecule has 2 aromatic carbocycles. The van der Waals surface area contributed by atoms with Crippen molar-refractivity contribution in [3.63, 3.8) is 0 Å². The normalized spacial score (nSPS) is 12.2. The summed E-state index contributed by atoms with van der Waals surface area (Å²) in [6.45, 7) is 4.55. The van der Waals surface area contributed by atoms with Crippen LogP contribution in [0.5, 0.6) is 5.75 Å². The fourth-order valence-electron chi connectivity index (χ4n) is 2.13. The van der Waals surface area contributed by atoms with Crippen LogP contribution >= 0.6 is 23.2 Å². The largest absolute Gasteiger partial charge is 0.494 e. The smallest absolute Gasteiger partial charge is 0.124 e. The second-order valence-electron chi connectivity index (χ2n) is 4.60. The van der Waals surface area contributed by atoms with Crippen LogP contribution in [-0.4, -0.2) is 6.61 Å². The molecule has 0 spiro atoms. The van der Waals surface area contributed by atoms with Crippen molar-refractivity contribution in [2.75, 3.05) is 6.61 Å². The van der Waals surface area contributed by atoms with Crippen molar-refractivity contribution in [1.82, 2.24) is 0 Å². The third-order valence-corrected chi connectivity index (χ3v) is 3.95. The Morgan fingerprint density at radius 3 is 2.60 bits per heavy atom. The van der Waals surface area contributed by atoms with Crippen LogP contribution in [0, 0.1) is 6.92 Å². The molecular formula is C16H17Cl2NO. The van der Waals surface area contributed by atoms with Gasteiger partial charge in [-0.1, -0.05) is 53.0 Å². The third kappa shape index (κ3) is 3.09. The summed E-state index contributed by atoms with van der Waals surface area (Å²) < 4.78 is 5.65. The maximum absolute atomic E-state index is 6.36. The van der Waals surface area contributed by atoms with Gasteiger partial charge in [0.1, 0.15) is 5.75 Å². The molecule has 0 aliphatic heterocycles. The van der Waals surface area contributed by atoms with E-state index in [2.05, 4.69) is 0 Å². The van der Waals surface area contributed by atoms with Crippen molar-refractivity contribution in [2.24, 2.45) is 5.73 Å². The number of hydrogen-bond donors (Lipinski definition) is 1. The van der Waals surface area contributed by atoms with E-state index in [1.165, 1.54) is 0 Å². The lowest BCUT2D eigenvalue weighted by atomic mass is 9.97. The van der Waals surface area contributed by atoms with Gasteiger partial charge in [0.05, 0.1) is 22.7 Å². The summed E-state index contributed by atoms with van der Waals surface area (Å²) in [6, 6.07) is 11.1. The van der Waals surface area contributed by atoms with Crippen LogP contribution in [0.25, 0.3) is 0 Å². The minimum atomic E-state index is -0.373. The Labute approximate surface area is 129 Å². The van der Waals surface area contributed by atoms with E-state index in [1.54, 1.807) is 6.07 Å². The monoisotopic (exact) mass is 309 g/mol. The SMILES string of the molecule is CCOc1ccc(C)cc1C(N)c1cccc(Cl)c1Cl. The van der Waals surface area contributed by atoms with Crippen molar-refractivity contribution in [2.45, 2.75) is 19.9 Å². The quantitative estimate of drug-likeness (QED) is 0.884. The molecule has 4 heteroatoms. The van der Waals surface area contributed by atoms with Gasteiger partial charge in [0.25, 0.3) is 0 Å². The van der Waals surface area contributed by atoms with Crippen molar-refractivity contribution in [3.8, 4) is 5.75 Å². The van der Waals surface area contributed by atoms with Gasteiger partial charge >= 0.3 is 0 Å². The van der Waals surface area contributed by atoms with E-state index in [0.29, 0.717) is 16.7 Å². The number of ether oxygens (including phenoxy) is 1. The van der Waals surface area contributed by atoms with Crippen molar-refractivity contribution < 1.29 is 4.74 Å². The highest BCUT2D eigenvalue weighted by Gasteiger charge is 2.18. The summed E-state index contributed by atoms with van der Waals surface area (Å²) in [7, 11) is 0. The molecule has 0 saturated heterocycles. The molecule has 1 unspecified atom stereocenters. The van der Waals surface area contributed by atoms with Gasteiger partial charge < -0.3 is 10.5 Å². The summed E-state index contributed by atoms with van der Waals surface area (Å²) in [6.07, 6.45) is 0. The van der Waals surface area contributed by atoms with E-state index >= 15 is 0 Å². The van der Waals surface area contributed by atoms with Gasteiger partial charge in [0.2, 0.25) is 0 Å². The van der Waals surface area contributed by atoms with E-state index < -0.39 is 0 Å². The molecule has 0 amide bonds. The van der Waals surface area contributed by atoms with Gasteiger partial charge in [-0.15, -0.1) is 0 Å². The van der Waals surface area contributed by atoms with Crippen LogP contribution in [-0.2, 0) is 0 Å². The summed E-state index contributed by atoms with van der Waals surface area (Å²) in [5.74, 6) is 0.779. The first-order chi connectivity index (χ1) is 9.54. The van der Waals surface area contributed by atoms with E-state index in [0.717, 1.165) is 22.4 Å². The molecule has 0 aliphatic carbocycles. The zero-order chi connectivity index (χ0) is 14.7. The number of benzene rings is 2. The molecule has 2 rings (SSSR count). The molecular weight excluding hydrogens is 293 g/mol. The molecule has 2 aromatic rings. The molecule has 0 aromatic heterocycles. The summed E-state index contributed by atoms with van der Waals surface area (Å²) in [5, 5.41) is 0.996. The Morgan fingerprint density at radius 1 is 1.15 bits per heavy atom. The Morgan fingerprint density at radius 2 is 1.90 bits per heavy atom. The molecule has 0 aliphatic rings. The summed E-state index contributed by atoms with van der Waals surface area (Å²) >= 11 is 12.3. The van der Waals surface area contributed by atoms with Crippen LogP contribution in [0.4, 0.5) is 0 Å². The minimum Gasteiger partial charge on any atom is -0.494 e. The van der Waals surface area contributed by atoms with Gasteiger partial charge in [-0.05, 0) is 31.5 Å². The molecule has 2 nitrogen and oxygen atoms in total. The fourth-order valence-corrected chi connectivity index (χ4v) is 2.55. The maximum Gasteiger partial charge on any atom is 0.124 e. The third-order valence-electron chi connectivity index (χ3n) is 3.12. The van der Waals surface area contributed by atoms with Crippen LogP contribution in [0.15, 0.2) is 36.4 Å². The molecule has 20 heavy (non-hydrogen) atoms. The van der Waals surface area contributed by atoms with Gasteiger partial charge in [-0.3, -0.25) is 0 Å². The highest BCUT2D eigenvalue weighted by molar-refractivity contribution is 6.42. The first-order valence-electron chi connectivity index (χ1n) is 6.47. The number of hydrogen-bond acceptors (Lipinski definition) is 2. The average Bonchev–Trinajstić information content (AvgIpc) is 2.43. The fraction of sp³-hybridized carbons (Fsp3) is 0.250. The first kappa shape index (κ1) is 15.2. The molecule has 0 radical (unpaired) electrons. The number of aryl methyl sites for hydroxylation is 1. The molecule has 1 atom stereocenters. The molecule has 0 saturated carbocycles. The second-order valence-corrected chi connectivity index (χ2v) is 5.38. The topological polar surface area (TPSA) is 35.2 Å². The minimum absolute atomic E-state index is 0.373. The predicted molar refractivity (Wildman–Crippen MR) is 84.8 cm³/mol. The van der Waals surface area contributed by atoms with Crippen molar-refractivity contribution in [1.29, 1.82) is 0 Å². The van der Waals surface area contributed by atoms with Crippen molar-refractivity contribution >= 4 is 23.2 Å². The van der Waals surface area contributed by atoms with Crippen LogP contribution in [0.3, 0.4) is 0 Å². The van der Waals surface area contributed by atoms with E-state index in [1.807, 2.05) is 44.2 Å².